The monoisotopic (exact) mass is 333 g/mol. The molecule has 1 aliphatic carbocycles. The molecule has 134 valence electrons. The zero-order valence-electron chi connectivity index (χ0n) is 15.0. The normalized spacial score (nSPS) is 18.9. The molecular formula is C20H31NO3. The van der Waals surface area contributed by atoms with E-state index in [1.54, 1.807) is 0 Å². The molecule has 0 saturated carbocycles. The molecular weight excluding hydrogens is 302 g/mol. The molecule has 1 aromatic rings. The van der Waals surface area contributed by atoms with E-state index < -0.39 is 5.97 Å². The minimum Gasteiger partial charge on any atom is -0.493 e. The first kappa shape index (κ1) is 18.8. The quantitative estimate of drug-likeness (QED) is 0.771. The van der Waals surface area contributed by atoms with Crippen molar-refractivity contribution in [1.29, 1.82) is 0 Å². The lowest BCUT2D eigenvalue weighted by atomic mass is 9.92. The van der Waals surface area contributed by atoms with E-state index >= 15 is 0 Å². The molecule has 0 bridgehead atoms. The van der Waals surface area contributed by atoms with Crippen molar-refractivity contribution in [2.45, 2.75) is 77.2 Å². The highest BCUT2D eigenvalue weighted by Gasteiger charge is 2.30. The van der Waals surface area contributed by atoms with Gasteiger partial charge in [-0.25, -0.2) is 0 Å². The van der Waals surface area contributed by atoms with Gasteiger partial charge in [0.2, 0.25) is 0 Å². The fraction of sp³-hybridized carbons (Fsp3) is 0.650. The molecule has 0 aromatic heterocycles. The Morgan fingerprint density at radius 1 is 1.38 bits per heavy atom. The molecule has 4 heteroatoms. The summed E-state index contributed by atoms with van der Waals surface area (Å²) >= 11 is 0. The molecule has 24 heavy (non-hydrogen) atoms. The van der Waals surface area contributed by atoms with E-state index in [4.69, 9.17) is 15.6 Å². The number of nitrogens with two attached hydrogens (primary N) is 1. The summed E-state index contributed by atoms with van der Waals surface area (Å²) in [4.78, 5) is 10.8. The first-order chi connectivity index (χ1) is 11.5. The van der Waals surface area contributed by atoms with Crippen molar-refractivity contribution in [1.82, 2.24) is 0 Å². The van der Waals surface area contributed by atoms with E-state index in [0.29, 0.717) is 6.04 Å². The third-order valence-corrected chi connectivity index (χ3v) is 4.87. The summed E-state index contributed by atoms with van der Waals surface area (Å²) in [6.45, 7) is 5.02. The number of unbranched alkanes of at least 4 members (excludes halogenated alkanes) is 2. The largest absolute Gasteiger partial charge is 0.493 e. The first-order valence-corrected chi connectivity index (χ1v) is 9.27. The minimum absolute atomic E-state index is 0.198. The molecule has 0 spiro atoms. The lowest BCUT2D eigenvalue weighted by molar-refractivity contribution is -0.137. The fourth-order valence-corrected chi connectivity index (χ4v) is 3.68. The van der Waals surface area contributed by atoms with E-state index in [2.05, 4.69) is 19.9 Å². The van der Waals surface area contributed by atoms with E-state index in [1.165, 1.54) is 42.4 Å². The van der Waals surface area contributed by atoms with Gasteiger partial charge in [-0.3, -0.25) is 4.79 Å². The highest BCUT2D eigenvalue weighted by Crippen LogP contribution is 2.43. The molecule has 3 rings (SSSR count). The number of fused-ring (bicyclic) bond motifs is 3. The Balaban J connectivity index is 0.000000224. The Hall–Kier alpha value is -1.55. The Morgan fingerprint density at radius 3 is 2.83 bits per heavy atom. The average molecular weight is 333 g/mol. The van der Waals surface area contributed by atoms with Crippen LogP contribution in [0.5, 0.6) is 5.75 Å². The van der Waals surface area contributed by atoms with Gasteiger partial charge in [-0.2, -0.15) is 0 Å². The van der Waals surface area contributed by atoms with Crippen LogP contribution in [-0.4, -0.2) is 23.7 Å². The first-order valence-electron chi connectivity index (χ1n) is 9.27. The lowest BCUT2D eigenvalue weighted by Gasteiger charge is -2.12. The molecule has 0 amide bonds. The van der Waals surface area contributed by atoms with Gasteiger partial charge in [0.05, 0.1) is 13.0 Å². The van der Waals surface area contributed by atoms with Crippen LogP contribution in [0.3, 0.4) is 0 Å². The standard InChI is InChI=1S/C13H14O3.C7H17N/c14-12(15)7-9-2-1-8-3-4-11-10(13(8)9)5-6-16-11;1-3-4-5-6-7(2)8/h3-4,9H,1-2,5-7H2,(H,14,15);7H,3-6,8H2,1-2H3/t9-;7-/m10/s1. The number of ether oxygens (including phenoxy) is 1. The van der Waals surface area contributed by atoms with Crippen LogP contribution in [0.2, 0.25) is 0 Å². The number of aliphatic carboxylic acids is 1. The molecule has 1 aromatic carbocycles. The molecule has 0 saturated heterocycles. The van der Waals surface area contributed by atoms with Gasteiger partial charge < -0.3 is 15.6 Å². The third-order valence-electron chi connectivity index (χ3n) is 4.87. The van der Waals surface area contributed by atoms with Gasteiger partial charge in [-0.15, -0.1) is 0 Å². The topological polar surface area (TPSA) is 72.6 Å². The van der Waals surface area contributed by atoms with Crippen LogP contribution in [0.1, 0.15) is 75.0 Å². The van der Waals surface area contributed by atoms with Gasteiger partial charge >= 0.3 is 5.97 Å². The van der Waals surface area contributed by atoms with Crippen molar-refractivity contribution in [2.24, 2.45) is 5.73 Å². The number of carbonyl (C=O) groups is 1. The molecule has 2 atom stereocenters. The number of benzene rings is 1. The molecule has 3 N–H and O–H groups in total. The predicted molar refractivity (Wildman–Crippen MR) is 96.7 cm³/mol. The van der Waals surface area contributed by atoms with Gasteiger partial charge in [0, 0.05) is 18.0 Å². The molecule has 0 radical (unpaired) electrons. The van der Waals surface area contributed by atoms with Crippen molar-refractivity contribution in [3.05, 3.63) is 28.8 Å². The van der Waals surface area contributed by atoms with Crippen molar-refractivity contribution in [2.75, 3.05) is 6.61 Å². The zero-order valence-corrected chi connectivity index (χ0v) is 15.0. The van der Waals surface area contributed by atoms with E-state index in [-0.39, 0.29) is 12.3 Å². The Kier molecular flexibility index (Phi) is 7.10. The van der Waals surface area contributed by atoms with Gasteiger partial charge in [0.25, 0.3) is 0 Å². The smallest absolute Gasteiger partial charge is 0.303 e. The summed E-state index contributed by atoms with van der Waals surface area (Å²) in [5, 5.41) is 8.92. The summed E-state index contributed by atoms with van der Waals surface area (Å²) in [5.41, 5.74) is 9.40. The van der Waals surface area contributed by atoms with Crippen LogP contribution in [0, 0.1) is 0 Å². The van der Waals surface area contributed by atoms with Crippen LogP contribution >= 0.6 is 0 Å². The average Bonchev–Trinajstić information content (AvgIpc) is 3.13. The number of carboxylic acid groups (broad SMARTS) is 1. The second-order valence-corrected chi connectivity index (χ2v) is 7.02. The molecule has 0 unspecified atom stereocenters. The fourth-order valence-electron chi connectivity index (χ4n) is 3.68. The number of carboxylic acids is 1. The third kappa shape index (κ3) is 4.97. The van der Waals surface area contributed by atoms with E-state index in [9.17, 15) is 4.79 Å². The van der Waals surface area contributed by atoms with Gasteiger partial charge in [0.15, 0.2) is 0 Å². The summed E-state index contributed by atoms with van der Waals surface area (Å²) in [5.74, 6) is 0.467. The number of hydrogen-bond donors (Lipinski definition) is 2. The second kappa shape index (κ2) is 9.07. The second-order valence-electron chi connectivity index (χ2n) is 7.02. The highest BCUT2D eigenvalue weighted by atomic mass is 16.5. The van der Waals surface area contributed by atoms with Crippen molar-refractivity contribution in [3.63, 3.8) is 0 Å². The van der Waals surface area contributed by atoms with Crippen LogP contribution in [0.15, 0.2) is 12.1 Å². The van der Waals surface area contributed by atoms with E-state index in [0.717, 1.165) is 31.6 Å². The number of aryl methyl sites for hydroxylation is 1. The van der Waals surface area contributed by atoms with Gasteiger partial charge in [-0.05, 0) is 49.3 Å². The molecule has 2 aliphatic rings. The zero-order chi connectivity index (χ0) is 17.5. The van der Waals surface area contributed by atoms with Gasteiger partial charge in [-0.1, -0.05) is 32.3 Å². The molecule has 1 aliphatic heterocycles. The Labute approximate surface area is 145 Å². The number of hydrogen-bond acceptors (Lipinski definition) is 3. The van der Waals surface area contributed by atoms with Gasteiger partial charge in [0.1, 0.15) is 5.75 Å². The molecule has 1 heterocycles. The maximum atomic E-state index is 10.8. The molecule has 0 fully saturated rings. The van der Waals surface area contributed by atoms with E-state index in [1.807, 2.05) is 6.07 Å². The Morgan fingerprint density at radius 2 is 2.17 bits per heavy atom. The maximum absolute atomic E-state index is 10.8. The maximum Gasteiger partial charge on any atom is 0.303 e. The van der Waals surface area contributed by atoms with Crippen LogP contribution in [-0.2, 0) is 17.6 Å². The lowest BCUT2D eigenvalue weighted by Crippen LogP contribution is -2.13. The summed E-state index contributed by atoms with van der Waals surface area (Å²) in [6.07, 6.45) is 8.30. The Bertz CT molecular complexity index is 554. The van der Waals surface area contributed by atoms with Crippen molar-refractivity contribution >= 4 is 5.97 Å². The van der Waals surface area contributed by atoms with Crippen LogP contribution in [0.25, 0.3) is 0 Å². The summed E-state index contributed by atoms with van der Waals surface area (Å²) in [6, 6.07) is 4.53. The van der Waals surface area contributed by atoms with Crippen LogP contribution in [0.4, 0.5) is 0 Å². The summed E-state index contributed by atoms with van der Waals surface area (Å²) in [7, 11) is 0. The SMILES string of the molecule is CCCCC[C@H](C)N.O=C(O)C[C@H]1CCc2ccc3c(c21)CCO3. The summed E-state index contributed by atoms with van der Waals surface area (Å²) < 4.78 is 5.53. The predicted octanol–water partition coefficient (Wildman–Crippen LogP) is 4.04. The highest BCUT2D eigenvalue weighted by molar-refractivity contribution is 5.69. The molecule has 4 nitrogen and oxygen atoms in total. The van der Waals surface area contributed by atoms with Crippen molar-refractivity contribution in [3.8, 4) is 5.75 Å². The van der Waals surface area contributed by atoms with Crippen molar-refractivity contribution < 1.29 is 14.6 Å². The minimum atomic E-state index is -0.700. The van der Waals surface area contributed by atoms with Crippen LogP contribution < -0.4 is 10.5 Å². The number of rotatable bonds is 6.